The number of ether oxygens (including phenoxy) is 1. The maximum Gasteiger partial charge on any atom is 0.413 e. The summed E-state index contributed by atoms with van der Waals surface area (Å²) in [5.41, 5.74) is 5.18. The summed E-state index contributed by atoms with van der Waals surface area (Å²) in [5.74, 6) is 0.737. The summed E-state index contributed by atoms with van der Waals surface area (Å²) in [4.78, 5) is 29.3. The Bertz CT molecular complexity index is 553. The van der Waals surface area contributed by atoms with E-state index in [0.717, 1.165) is 0 Å². The average molecular weight is 292 g/mol. The zero-order valence-corrected chi connectivity index (χ0v) is 12.4. The van der Waals surface area contributed by atoms with Crippen LogP contribution in [-0.2, 0) is 9.53 Å². The number of nitrogens with two attached hydrogens (primary N) is 1. The van der Waals surface area contributed by atoms with Crippen molar-refractivity contribution >= 4 is 23.6 Å². The molecule has 2 rings (SSSR count). The van der Waals surface area contributed by atoms with Gasteiger partial charge in [-0.2, -0.15) is 0 Å². The molecule has 2 heterocycles. The molecule has 1 atom stereocenters. The first-order valence-corrected chi connectivity index (χ1v) is 6.77. The third-order valence-electron chi connectivity index (χ3n) is 2.79. The third-order valence-corrected chi connectivity index (χ3v) is 2.79. The normalized spacial score (nSPS) is 18.8. The van der Waals surface area contributed by atoms with Gasteiger partial charge in [0.25, 0.3) is 0 Å². The van der Waals surface area contributed by atoms with Gasteiger partial charge in [0, 0.05) is 19.0 Å². The lowest BCUT2D eigenvalue weighted by Gasteiger charge is -2.20. The predicted molar refractivity (Wildman–Crippen MR) is 79.0 cm³/mol. The Kier molecular flexibility index (Phi) is 4.13. The van der Waals surface area contributed by atoms with E-state index in [4.69, 9.17) is 10.5 Å². The largest absolute Gasteiger partial charge is 0.444 e. The molecule has 1 aromatic rings. The van der Waals surface area contributed by atoms with Crippen LogP contribution in [-0.4, -0.2) is 35.2 Å². The third kappa shape index (κ3) is 4.16. The van der Waals surface area contributed by atoms with Crippen LogP contribution in [0, 0.1) is 0 Å². The number of anilines is 2. The van der Waals surface area contributed by atoms with Crippen molar-refractivity contribution in [1.29, 1.82) is 0 Å². The molecule has 21 heavy (non-hydrogen) atoms. The highest BCUT2D eigenvalue weighted by Crippen LogP contribution is 2.20. The SMILES string of the molecule is CC(C)(C)OC(=O)Nc1cccc(N2CC(N)CC2=O)n1. The van der Waals surface area contributed by atoms with Crippen molar-refractivity contribution in [2.45, 2.75) is 38.8 Å². The number of hydrogen-bond acceptors (Lipinski definition) is 5. The van der Waals surface area contributed by atoms with Crippen molar-refractivity contribution in [2.24, 2.45) is 5.73 Å². The molecule has 2 amide bonds. The van der Waals surface area contributed by atoms with Crippen molar-refractivity contribution in [3.05, 3.63) is 18.2 Å². The Morgan fingerprint density at radius 2 is 2.19 bits per heavy atom. The summed E-state index contributed by atoms with van der Waals surface area (Å²) in [6.45, 7) is 5.77. The smallest absolute Gasteiger partial charge is 0.413 e. The van der Waals surface area contributed by atoms with Gasteiger partial charge in [-0.3, -0.25) is 15.0 Å². The van der Waals surface area contributed by atoms with Gasteiger partial charge < -0.3 is 10.5 Å². The van der Waals surface area contributed by atoms with Gasteiger partial charge in [-0.05, 0) is 32.9 Å². The van der Waals surface area contributed by atoms with Crippen molar-refractivity contribution in [3.8, 4) is 0 Å². The molecule has 1 saturated heterocycles. The number of amides is 2. The molecule has 1 aliphatic heterocycles. The number of carbonyl (C=O) groups excluding carboxylic acids is 2. The van der Waals surface area contributed by atoms with E-state index in [9.17, 15) is 9.59 Å². The highest BCUT2D eigenvalue weighted by molar-refractivity contribution is 5.95. The van der Waals surface area contributed by atoms with Crippen molar-refractivity contribution in [1.82, 2.24) is 4.98 Å². The van der Waals surface area contributed by atoms with Crippen LogP contribution in [0.25, 0.3) is 0 Å². The molecule has 1 aliphatic rings. The number of rotatable bonds is 2. The van der Waals surface area contributed by atoms with Gasteiger partial charge in [0.1, 0.15) is 17.2 Å². The first kappa shape index (κ1) is 15.2. The van der Waals surface area contributed by atoms with Crippen molar-refractivity contribution in [2.75, 3.05) is 16.8 Å². The lowest BCUT2D eigenvalue weighted by atomic mass is 10.2. The molecule has 0 saturated carbocycles. The van der Waals surface area contributed by atoms with Crippen LogP contribution in [0.3, 0.4) is 0 Å². The monoisotopic (exact) mass is 292 g/mol. The molecule has 0 aliphatic carbocycles. The number of nitrogens with zero attached hydrogens (tertiary/aromatic N) is 2. The summed E-state index contributed by atoms with van der Waals surface area (Å²) in [5, 5.41) is 2.55. The van der Waals surface area contributed by atoms with Crippen LogP contribution < -0.4 is 16.0 Å². The standard InChI is InChI=1S/C14H20N4O3/c1-14(2,3)21-13(20)17-10-5-4-6-11(16-10)18-8-9(15)7-12(18)19/h4-6,9H,7-8,15H2,1-3H3,(H,16,17,20). The average Bonchev–Trinajstić information content (AvgIpc) is 2.66. The highest BCUT2D eigenvalue weighted by Gasteiger charge is 2.29. The molecule has 1 unspecified atom stereocenters. The van der Waals surface area contributed by atoms with E-state index in [2.05, 4.69) is 10.3 Å². The number of carbonyl (C=O) groups is 2. The lowest BCUT2D eigenvalue weighted by Crippen LogP contribution is -2.29. The van der Waals surface area contributed by atoms with Gasteiger partial charge in [-0.15, -0.1) is 0 Å². The summed E-state index contributed by atoms with van der Waals surface area (Å²) >= 11 is 0. The summed E-state index contributed by atoms with van der Waals surface area (Å²) in [6.07, 6.45) is -0.276. The zero-order valence-electron chi connectivity index (χ0n) is 12.4. The van der Waals surface area contributed by atoms with Crippen LogP contribution in [0.4, 0.5) is 16.4 Å². The Hall–Kier alpha value is -2.15. The molecule has 114 valence electrons. The molecule has 0 spiro atoms. The van der Waals surface area contributed by atoms with Gasteiger partial charge in [-0.1, -0.05) is 6.07 Å². The topological polar surface area (TPSA) is 97.5 Å². The minimum absolute atomic E-state index is 0.0654. The van der Waals surface area contributed by atoms with E-state index in [1.54, 1.807) is 39.0 Å². The fraction of sp³-hybridized carbons (Fsp3) is 0.500. The second-order valence-corrected chi connectivity index (χ2v) is 5.98. The van der Waals surface area contributed by atoms with Crippen LogP contribution >= 0.6 is 0 Å². The second kappa shape index (κ2) is 5.69. The lowest BCUT2D eigenvalue weighted by molar-refractivity contribution is -0.117. The van der Waals surface area contributed by atoms with Crippen molar-refractivity contribution in [3.63, 3.8) is 0 Å². The first-order chi connectivity index (χ1) is 9.74. The first-order valence-electron chi connectivity index (χ1n) is 6.77. The molecule has 7 heteroatoms. The molecule has 0 bridgehead atoms. The number of hydrogen-bond donors (Lipinski definition) is 2. The molecule has 0 aromatic carbocycles. The molecule has 1 fully saturated rings. The van der Waals surface area contributed by atoms with E-state index in [-0.39, 0.29) is 11.9 Å². The van der Waals surface area contributed by atoms with E-state index in [1.165, 1.54) is 4.90 Å². The number of nitrogens with one attached hydrogen (secondary N) is 1. The zero-order chi connectivity index (χ0) is 15.6. The second-order valence-electron chi connectivity index (χ2n) is 5.98. The van der Waals surface area contributed by atoms with E-state index in [0.29, 0.717) is 24.6 Å². The van der Waals surface area contributed by atoms with Gasteiger partial charge in [-0.25, -0.2) is 9.78 Å². The number of aromatic nitrogens is 1. The number of pyridine rings is 1. The summed E-state index contributed by atoms with van der Waals surface area (Å²) in [7, 11) is 0. The maximum atomic E-state index is 11.8. The van der Waals surface area contributed by atoms with E-state index >= 15 is 0 Å². The Labute approximate surface area is 123 Å². The molecular formula is C14H20N4O3. The van der Waals surface area contributed by atoms with Crippen molar-refractivity contribution < 1.29 is 14.3 Å². The Morgan fingerprint density at radius 1 is 1.48 bits per heavy atom. The van der Waals surface area contributed by atoms with Crippen LogP contribution in [0.15, 0.2) is 18.2 Å². The quantitative estimate of drug-likeness (QED) is 0.860. The Balaban J connectivity index is 2.08. The molecule has 1 aromatic heterocycles. The Morgan fingerprint density at radius 3 is 2.76 bits per heavy atom. The van der Waals surface area contributed by atoms with Crippen LogP contribution in [0.5, 0.6) is 0 Å². The van der Waals surface area contributed by atoms with E-state index in [1.807, 2.05) is 0 Å². The minimum Gasteiger partial charge on any atom is -0.444 e. The van der Waals surface area contributed by atoms with Gasteiger partial charge >= 0.3 is 6.09 Å². The molecule has 3 N–H and O–H groups in total. The van der Waals surface area contributed by atoms with E-state index < -0.39 is 11.7 Å². The fourth-order valence-electron chi connectivity index (χ4n) is 2.01. The van der Waals surface area contributed by atoms with Crippen LogP contribution in [0.1, 0.15) is 27.2 Å². The molecule has 7 nitrogen and oxygen atoms in total. The van der Waals surface area contributed by atoms with Gasteiger partial charge in [0.15, 0.2) is 0 Å². The highest BCUT2D eigenvalue weighted by atomic mass is 16.6. The molecule has 0 radical (unpaired) electrons. The minimum atomic E-state index is -0.586. The van der Waals surface area contributed by atoms with Crippen LogP contribution in [0.2, 0.25) is 0 Å². The van der Waals surface area contributed by atoms with Gasteiger partial charge in [0.2, 0.25) is 5.91 Å². The summed E-state index contributed by atoms with van der Waals surface area (Å²) < 4.78 is 5.15. The summed E-state index contributed by atoms with van der Waals surface area (Å²) in [6, 6.07) is 4.87. The van der Waals surface area contributed by atoms with Gasteiger partial charge in [0.05, 0.1) is 0 Å². The fourth-order valence-corrected chi connectivity index (χ4v) is 2.01. The molecular weight excluding hydrogens is 272 g/mol. The predicted octanol–water partition coefficient (Wildman–Crippen LogP) is 1.49. The maximum absolute atomic E-state index is 11.8.